The lowest BCUT2D eigenvalue weighted by molar-refractivity contribution is -0.163. The highest BCUT2D eigenvalue weighted by Gasteiger charge is 2.27. The van der Waals surface area contributed by atoms with Gasteiger partial charge in [-0.05, 0) is 31.6 Å². The molecule has 0 N–H and O–H groups in total. The van der Waals surface area contributed by atoms with Crippen LogP contribution in [0.15, 0.2) is 11.8 Å². The summed E-state index contributed by atoms with van der Waals surface area (Å²) in [6.45, 7) is 13.7. The molecule has 1 heterocycles. The van der Waals surface area contributed by atoms with E-state index in [2.05, 4.69) is 33.1 Å². The third-order valence-corrected chi connectivity index (χ3v) is 6.36. The van der Waals surface area contributed by atoms with E-state index < -0.39 is 8.07 Å². The van der Waals surface area contributed by atoms with Gasteiger partial charge in [0.1, 0.15) is 0 Å². The Morgan fingerprint density at radius 3 is 2.50 bits per heavy atom. The number of hydrogen-bond donors (Lipinski definition) is 0. The van der Waals surface area contributed by atoms with Crippen molar-refractivity contribution in [1.29, 1.82) is 0 Å². The standard InChI is InChI=1S/C15H30O2Si/c1-12(11-13(2)18(4,5)6)14-9-7-8-10-15(16-3)17-14/h12,14-15H,2,7-11H2,1,3-6H3. The minimum absolute atomic E-state index is 0.0000898. The molecule has 1 aliphatic rings. The van der Waals surface area contributed by atoms with Crippen LogP contribution in [0.25, 0.3) is 0 Å². The molecule has 1 aliphatic heterocycles. The molecular formula is C15H30O2Si. The van der Waals surface area contributed by atoms with E-state index in [9.17, 15) is 0 Å². The average molecular weight is 270 g/mol. The van der Waals surface area contributed by atoms with Crippen molar-refractivity contribution in [2.45, 2.75) is 71.1 Å². The fourth-order valence-corrected chi connectivity index (χ4v) is 3.34. The molecule has 2 nitrogen and oxygen atoms in total. The molecule has 0 aromatic carbocycles. The molecule has 0 bridgehead atoms. The number of methoxy groups -OCH3 is 1. The molecular weight excluding hydrogens is 240 g/mol. The van der Waals surface area contributed by atoms with Crippen molar-refractivity contribution in [3.8, 4) is 0 Å². The molecule has 0 spiro atoms. The van der Waals surface area contributed by atoms with Gasteiger partial charge in [0.25, 0.3) is 0 Å². The second kappa shape index (κ2) is 6.87. The second-order valence-corrected chi connectivity index (χ2v) is 11.9. The number of allylic oxidation sites excluding steroid dienone is 1. The highest BCUT2D eigenvalue weighted by molar-refractivity contribution is 6.82. The Kier molecular flexibility index (Phi) is 6.08. The third-order valence-electron chi connectivity index (χ3n) is 4.03. The Hall–Kier alpha value is -0.123. The first-order valence-corrected chi connectivity index (χ1v) is 10.7. The summed E-state index contributed by atoms with van der Waals surface area (Å²) in [6, 6.07) is 0. The Balaban J connectivity index is 2.54. The summed E-state index contributed by atoms with van der Waals surface area (Å²) in [5.74, 6) is 0.556. The molecule has 3 atom stereocenters. The number of hydrogen-bond acceptors (Lipinski definition) is 2. The summed E-state index contributed by atoms with van der Waals surface area (Å²) >= 11 is 0. The third kappa shape index (κ3) is 4.86. The zero-order chi connectivity index (χ0) is 13.8. The quantitative estimate of drug-likeness (QED) is 0.690. The first kappa shape index (κ1) is 15.9. The van der Waals surface area contributed by atoms with Gasteiger partial charge in [-0.15, -0.1) is 6.58 Å². The van der Waals surface area contributed by atoms with Gasteiger partial charge in [-0.1, -0.05) is 38.2 Å². The molecule has 1 saturated heterocycles. The van der Waals surface area contributed by atoms with E-state index in [1.807, 2.05) is 0 Å². The van der Waals surface area contributed by atoms with E-state index >= 15 is 0 Å². The zero-order valence-corrected chi connectivity index (χ0v) is 13.8. The highest BCUT2D eigenvalue weighted by atomic mass is 28.3. The van der Waals surface area contributed by atoms with Crippen molar-refractivity contribution >= 4 is 8.07 Å². The summed E-state index contributed by atoms with van der Waals surface area (Å²) in [6.07, 6.45) is 6.13. The first-order chi connectivity index (χ1) is 8.34. The van der Waals surface area contributed by atoms with Crippen LogP contribution in [-0.2, 0) is 9.47 Å². The SMILES string of the molecule is C=C(CC(C)C1CCCCC(OC)O1)[Si](C)(C)C. The zero-order valence-electron chi connectivity index (χ0n) is 12.8. The largest absolute Gasteiger partial charge is 0.356 e. The van der Waals surface area contributed by atoms with E-state index in [0.717, 1.165) is 12.8 Å². The number of rotatable bonds is 5. The summed E-state index contributed by atoms with van der Waals surface area (Å²) < 4.78 is 11.5. The smallest absolute Gasteiger partial charge is 0.157 e. The minimum Gasteiger partial charge on any atom is -0.356 e. The summed E-state index contributed by atoms with van der Waals surface area (Å²) in [5.41, 5.74) is 0. The predicted octanol–water partition coefficient (Wildman–Crippen LogP) is 4.38. The van der Waals surface area contributed by atoms with Crippen LogP contribution in [0.4, 0.5) is 0 Å². The topological polar surface area (TPSA) is 18.5 Å². The molecule has 0 amide bonds. The minimum atomic E-state index is -1.21. The Morgan fingerprint density at radius 2 is 1.94 bits per heavy atom. The van der Waals surface area contributed by atoms with Crippen LogP contribution < -0.4 is 0 Å². The molecule has 1 fully saturated rings. The maximum atomic E-state index is 6.09. The summed E-state index contributed by atoms with van der Waals surface area (Å²) in [5, 5.41) is 1.46. The maximum absolute atomic E-state index is 6.09. The normalized spacial score (nSPS) is 27.6. The van der Waals surface area contributed by atoms with Crippen LogP contribution in [0.2, 0.25) is 19.6 Å². The van der Waals surface area contributed by atoms with Crippen molar-refractivity contribution in [1.82, 2.24) is 0 Å². The maximum Gasteiger partial charge on any atom is 0.157 e. The predicted molar refractivity (Wildman–Crippen MR) is 80.4 cm³/mol. The van der Waals surface area contributed by atoms with Gasteiger partial charge >= 0.3 is 0 Å². The van der Waals surface area contributed by atoms with Crippen LogP contribution in [0, 0.1) is 5.92 Å². The van der Waals surface area contributed by atoms with Crippen molar-refractivity contribution in [3.63, 3.8) is 0 Å². The molecule has 3 unspecified atom stereocenters. The first-order valence-electron chi connectivity index (χ1n) is 7.21. The van der Waals surface area contributed by atoms with Crippen LogP contribution >= 0.6 is 0 Å². The molecule has 0 aliphatic carbocycles. The molecule has 1 rings (SSSR count). The summed E-state index contributed by atoms with van der Waals surface area (Å²) in [4.78, 5) is 0. The van der Waals surface area contributed by atoms with E-state index in [1.54, 1.807) is 7.11 Å². The van der Waals surface area contributed by atoms with Crippen LogP contribution in [-0.4, -0.2) is 27.6 Å². The number of ether oxygens (including phenoxy) is 2. The highest BCUT2D eigenvalue weighted by Crippen LogP contribution is 2.29. The molecule has 0 radical (unpaired) electrons. The van der Waals surface area contributed by atoms with Gasteiger partial charge in [-0.2, -0.15) is 0 Å². The fourth-order valence-electron chi connectivity index (χ4n) is 2.41. The van der Waals surface area contributed by atoms with Gasteiger partial charge in [0.05, 0.1) is 14.2 Å². The van der Waals surface area contributed by atoms with Crippen molar-refractivity contribution < 1.29 is 9.47 Å². The van der Waals surface area contributed by atoms with E-state index in [1.165, 1.54) is 24.5 Å². The monoisotopic (exact) mass is 270 g/mol. The Bertz CT molecular complexity index is 270. The molecule has 18 heavy (non-hydrogen) atoms. The summed E-state index contributed by atoms with van der Waals surface area (Å²) in [7, 11) is 0.543. The Labute approximate surface area is 114 Å². The van der Waals surface area contributed by atoms with Gasteiger partial charge in [-0.3, -0.25) is 0 Å². The van der Waals surface area contributed by atoms with E-state index in [0.29, 0.717) is 12.0 Å². The lowest BCUT2D eigenvalue weighted by atomic mass is 9.96. The lowest BCUT2D eigenvalue weighted by Gasteiger charge is -2.29. The molecule has 0 aromatic heterocycles. The fraction of sp³-hybridized carbons (Fsp3) is 0.867. The van der Waals surface area contributed by atoms with E-state index in [-0.39, 0.29) is 6.29 Å². The van der Waals surface area contributed by atoms with Gasteiger partial charge in [-0.25, -0.2) is 0 Å². The molecule has 3 heteroatoms. The van der Waals surface area contributed by atoms with Crippen LogP contribution in [0.1, 0.15) is 39.0 Å². The molecule has 0 saturated carbocycles. The van der Waals surface area contributed by atoms with Crippen LogP contribution in [0.5, 0.6) is 0 Å². The van der Waals surface area contributed by atoms with Gasteiger partial charge in [0, 0.05) is 7.11 Å². The average Bonchev–Trinajstić information content (AvgIpc) is 2.52. The molecule has 0 aromatic rings. The van der Waals surface area contributed by atoms with E-state index in [4.69, 9.17) is 9.47 Å². The van der Waals surface area contributed by atoms with Gasteiger partial charge in [0.2, 0.25) is 0 Å². The lowest BCUT2D eigenvalue weighted by Crippen LogP contribution is -2.31. The van der Waals surface area contributed by atoms with Crippen molar-refractivity contribution in [2.24, 2.45) is 5.92 Å². The molecule has 106 valence electrons. The second-order valence-electron chi connectivity index (χ2n) is 6.66. The van der Waals surface area contributed by atoms with Gasteiger partial charge in [0.15, 0.2) is 6.29 Å². The van der Waals surface area contributed by atoms with Gasteiger partial charge < -0.3 is 9.47 Å². The van der Waals surface area contributed by atoms with Crippen molar-refractivity contribution in [3.05, 3.63) is 11.8 Å². The Morgan fingerprint density at radius 1 is 1.33 bits per heavy atom. The van der Waals surface area contributed by atoms with Crippen molar-refractivity contribution in [2.75, 3.05) is 7.11 Å². The van der Waals surface area contributed by atoms with Crippen LogP contribution in [0.3, 0.4) is 0 Å².